The lowest BCUT2D eigenvalue weighted by atomic mass is 10.0. The lowest BCUT2D eigenvalue weighted by Crippen LogP contribution is -2.18. The quantitative estimate of drug-likeness (QED) is 0.486. The minimum absolute atomic E-state index is 0.247. The third-order valence-electron chi connectivity index (χ3n) is 4.73. The fraction of sp³-hybridized carbons (Fsp3) is 0.0909. The second-order valence-corrected chi connectivity index (χ2v) is 7.12. The van der Waals surface area contributed by atoms with Crippen molar-refractivity contribution in [3.05, 3.63) is 78.6 Å². The number of fused-ring (bicyclic) bond motifs is 2. The van der Waals surface area contributed by atoms with Crippen LogP contribution in [-0.2, 0) is 6.54 Å². The van der Waals surface area contributed by atoms with Gasteiger partial charge in [-0.05, 0) is 40.7 Å². The van der Waals surface area contributed by atoms with Gasteiger partial charge < -0.3 is 20.1 Å². The van der Waals surface area contributed by atoms with Crippen molar-refractivity contribution in [2.45, 2.75) is 6.54 Å². The van der Waals surface area contributed by atoms with Crippen LogP contribution in [0.3, 0.4) is 0 Å². The molecule has 6 nitrogen and oxygen atoms in total. The van der Waals surface area contributed by atoms with Crippen LogP contribution < -0.4 is 20.1 Å². The summed E-state index contributed by atoms with van der Waals surface area (Å²) < 4.78 is 12.6. The summed E-state index contributed by atoms with van der Waals surface area (Å²) >= 11 is 5.42. The van der Waals surface area contributed by atoms with Gasteiger partial charge in [0.2, 0.25) is 6.79 Å². The van der Waals surface area contributed by atoms with Gasteiger partial charge in [-0.2, -0.15) is 5.10 Å². The summed E-state index contributed by atoms with van der Waals surface area (Å²) in [6.07, 6.45) is 3.70. The Balaban J connectivity index is 1.26. The van der Waals surface area contributed by atoms with E-state index in [2.05, 4.69) is 58.2 Å². The van der Waals surface area contributed by atoms with E-state index in [9.17, 15) is 0 Å². The molecule has 29 heavy (non-hydrogen) atoms. The first-order valence-electron chi connectivity index (χ1n) is 9.21. The highest BCUT2D eigenvalue weighted by atomic mass is 32.1. The summed E-state index contributed by atoms with van der Waals surface area (Å²) in [5, 5.41) is 13.7. The normalized spacial score (nSPS) is 12.1. The molecule has 2 N–H and O–H groups in total. The van der Waals surface area contributed by atoms with Gasteiger partial charge in [0.1, 0.15) is 0 Å². The summed E-state index contributed by atoms with van der Waals surface area (Å²) in [4.78, 5) is 0. The molecule has 144 valence electrons. The Labute approximate surface area is 173 Å². The van der Waals surface area contributed by atoms with E-state index in [0.717, 1.165) is 17.1 Å². The van der Waals surface area contributed by atoms with Crippen molar-refractivity contribution in [2.24, 2.45) is 0 Å². The molecule has 0 bridgehead atoms. The molecule has 0 aliphatic carbocycles. The second-order valence-electron chi connectivity index (χ2n) is 6.71. The molecule has 0 saturated heterocycles. The summed E-state index contributed by atoms with van der Waals surface area (Å²) in [5.41, 5.74) is 2.87. The molecule has 5 rings (SSSR count). The topological polar surface area (TPSA) is 60.3 Å². The molecule has 3 aromatic carbocycles. The number of hydrogen-bond donors (Lipinski definition) is 2. The average molecular weight is 402 g/mol. The summed E-state index contributed by atoms with van der Waals surface area (Å²) in [7, 11) is 0. The maximum Gasteiger partial charge on any atom is 0.231 e. The Morgan fingerprint density at radius 2 is 1.79 bits per heavy atom. The van der Waals surface area contributed by atoms with Crippen LogP contribution in [-0.4, -0.2) is 21.7 Å². The maximum absolute atomic E-state index is 5.42. The molecule has 0 radical (unpaired) electrons. The smallest absolute Gasteiger partial charge is 0.231 e. The first kappa shape index (κ1) is 17.5. The molecule has 0 spiro atoms. The van der Waals surface area contributed by atoms with Crippen LogP contribution in [0.5, 0.6) is 11.5 Å². The van der Waals surface area contributed by atoms with Gasteiger partial charge in [-0.25, -0.2) is 0 Å². The lowest BCUT2D eigenvalue weighted by molar-refractivity contribution is 0.174. The number of hydrogen-bond acceptors (Lipinski definition) is 4. The van der Waals surface area contributed by atoms with E-state index in [4.69, 9.17) is 21.7 Å². The molecule has 0 fully saturated rings. The highest BCUT2D eigenvalue weighted by Crippen LogP contribution is 2.34. The minimum Gasteiger partial charge on any atom is -0.454 e. The molecule has 1 aromatic heterocycles. The van der Waals surface area contributed by atoms with Crippen molar-refractivity contribution in [2.75, 3.05) is 17.4 Å². The zero-order valence-corrected chi connectivity index (χ0v) is 16.3. The van der Waals surface area contributed by atoms with Crippen molar-refractivity contribution in [3.8, 4) is 11.5 Å². The molecule has 0 unspecified atom stereocenters. The van der Waals surface area contributed by atoms with Crippen LogP contribution in [0.2, 0.25) is 0 Å². The van der Waals surface area contributed by atoms with Gasteiger partial charge in [-0.15, -0.1) is 0 Å². The number of nitrogens with zero attached hydrogens (tertiary/aromatic N) is 2. The van der Waals surface area contributed by atoms with Crippen molar-refractivity contribution in [3.63, 3.8) is 0 Å². The molecule has 0 saturated carbocycles. The van der Waals surface area contributed by atoms with E-state index >= 15 is 0 Å². The van der Waals surface area contributed by atoms with Gasteiger partial charge in [-0.1, -0.05) is 42.5 Å². The van der Waals surface area contributed by atoms with Gasteiger partial charge in [0.05, 0.1) is 18.4 Å². The summed E-state index contributed by atoms with van der Waals surface area (Å²) in [6.45, 7) is 0.933. The van der Waals surface area contributed by atoms with Crippen molar-refractivity contribution in [1.82, 2.24) is 9.78 Å². The van der Waals surface area contributed by atoms with E-state index in [1.165, 1.54) is 16.3 Å². The molecule has 1 aliphatic rings. The summed E-state index contributed by atoms with van der Waals surface area (Å²) in [6, 6.07) is 20.3. The molecular formula is C22H18N4O2S. The predicted octanol–water partition coefficient (Wildman–Crippen LogP) is 4.62. The highest BCUT2D eigenvalue weighted by molar-refractivity contribution is 7.80. The van der Waals surface area contributed by atoms with Gasteiger partial charge in [-0.3, -0.25) is 4.68 Å². The van der Waals surface area contributed by atoms with E-state index in [1.807, 2.05) is 29.1 Å². The van der Waals surface area contributed by atoms with E-state index < -0.39 is 0 Å². The Bertz CT molecular complexity index is 1200. The van der Waals surface area contributed by atoms with Crippen molar-refractivity contribution >= 4 is 39.5 Å². The van der Waals surface area contributed by atoms with Gasteiger partial charge in [0.15, 0.2) is 16.6 Å². The molecule has 0 atom stereocenters. The fourth-order valence-corrected chi connectivity index (χ4v) is 3.62. The Hall–Kier alpha value is -3.58. The molecule has 1 aliphatic heterocycles. The van der Waals surface area contributed by atoms with Gasteiger partial charge >= 0.3 is 0 Å². The second kappa shape index (κ2) is 7.44. The fourth-order valence-electron chi connectivity index (χ4n) is 3.39. The monoisotopic (exact) mass is 402 g/mol. The minimum atomic E-state index is 0.247. The van der Waals surface area contributed by atoms with Crippen molar-refractivity contribution < 1.29 is 9.47 Å². The molecule has 0 amide bonds. The molecule has 2 heterocycles. The van der Waals surface area contributed by atoms with Gasteiger partial charge in [0, 0.05) is 18.0 Å². The SMILES string of the molecule is S=C(Nc1ccc2c(c1)OCO2)Nc1cnn(Cc2cccc3ccccc23)c1. The zero-order valence-electron chi connectivity index (χ0n) is 15.5. The van der Waals surface area contributed by atoms with Crippen LogP contribution in [0.25, 0.3) is 10.8 Å². The van der Waals surface area contributed by atoms with E-state index in [-0.39, 0.29) is 6.79 Å². The summed E-state index contributed by atoms with van der Waals surface area (Å²) in [5.74, 6) is 1.45. The van der Waals surface area contributed by atoms with E-state index in [1.54, 1.807) is 6.20 Å². The Morgan fingerprint density at radius 3 is 2.76 bits per heavy atom. The Kier molecular flexibility index (Phi) is 4.50. The lowest BCUT2D eigenvalue weighted by Gasteiger charge is -2.09. The Morgan fingerprint density at radius 1 is 0.966 bits per heavy atom. The highest BCUT2D eigenvalue weighted by Gasteiger charge is 2.13. The first-order chi connectivity index (χ1) is 14.2. The van der Waals surface area contributed by atoms with Crippen LogP contribution in [0.1, 0.15) is 5.56 Å². The number of thiocarbonyl (C=S) groups is 1. The van der Waals surface area contributed by atoms with Crippen LogP contribution in [0, 0.1) is 0 Å². The number of anilines is 2. The number of aromatic nitrogens is 2. The van der Waals surface area contributed by atoms with Crippen LogP contribution in [0.15, 0.2) is 73.1 Å². The van der Waals surface area contributed by atoms with Gasteiger partial charge in [0.25, 0.3) is 0 Å². The van der Waals surface area contributed by atoms with Crippen LogP contribution in [0.4, 0.5) is 11.4 Å². The number of benzene rings is 3. The molecule has 7 heteroatoms. The molecule has 4 aromatic rings. The van der Waals surface area contributed by atoms with Crippen LogP contribution >= 0.6 is 12.2 Å². The first-order valence-corrected chi connectivity index (χ1v) is 9.62. The zero-order chi connectivity index (χ0) is 19.6. The maximum atomic E-state index is 5.42. The standard InChI is InChI=1S/C22H18N4O2S/c29-22(24-17-8-9-20-21(10-17)28-14-27-20)25-18-11-23-26(13-18)12-16-6-3-5-15-4-1-2-7-19(15)16/h1-11,13H,12,14H2,(H2,24,25,29). The van der Waals surface area contributed by atoms with Crippen molar-refractivity contribution in [1.29, 1.82) is 0 Å². The number of ether oxygens (including phenoxy) is 2. The molecular weight excluding hydrogens is 384 g/mol. The average Bonchev–Trinajstić information content (AvgIpc) is 3.37. The number of nitrogens with one attached hydrogen (secondary N) is 2. The number of rotatable bonds is 4. The largest absolute Gasteiger partial charge is 0.454 e. The third kappa shape index (κ3) is 3.72. The predicted molar refractivity (Wildman–Crippen MR) is 118 cm³/mol. The third-order valence-corrected chi connectivity index (χ3v) is 4.94. The van der Waals surface area contributed by atoms with E-state index in [0.29, 0.717) is 17.4 Å².